The summed E-state index contributed by atoms with van der Waals surface area (Å²) >= 11 is 0. The summed E-state index contributed by atoms with van der Waals surface area (Å²) in [6.07, 6.45) is 1.26. The van der Waals surface area contributed by atoms with Gasteiger partial charge < -0.3 is 9.84 Å². The van der Waals surface area contributed by atoms with Crippen LogP contribution in [0.2, 0.25) is 0 Å². The van der Waals surface area contributed by atoms with Gasteiger partial charge in [0, 0.05) is 11.7 Å². The molecule has 1 unspecified atom stereocenters. The molecule has 1 heterocycles. The zero-order valence-electron chi connectivity index (χ0n) is 15.1. The highest BCUT2D eigenvalue weighted by Gasteiger charge is 2.23. The van der Waals surface area contributed by atoms with Crippen LogP contribution in [0.15, 0.2) is 18.3 Å². The first-order valence-electron chi connectivity index (χ1n) is 7.81. The van der Waals surface area contributed by atoms with Crippen LogP contribution < -0.4 is 10.6 Å². The molecule has 0 aromatic carbocycles. The fourth-order valence-corrected chi connectivity index (χ4v) is 1.99. The number of anilines is 1. The lowest BCUT2D eigenvalue weighted by Crippen LogP contribution is -2.48. The summed E-state index contributed by atoms with van der Waals surface area (Å²) in [5.41, 5.74) is -0.139. The lowest BCUT2D eigenvalue weighted by atomic mass is 10.0. The van der Waals surface area contributed by atoms with Gasteiger partial charge in [-0.2, -0.15) is 0 Å². The monoisotopic (exact) mass is 337 g/mol. The van der Waals surface area contributed by atoms with Crippen molar-refractivity contribution in [1.82, 2.24) is 10.3 Å². The average Bonchev–Trinajstić information content (AvgIpc) is 2.36. The van der Waals surface area contributed by atoms with E-state index in [0.29, 0.717) is 12.2 Å². The van der Waals surface area contributed by atoms with Crippen molar-refractivity contribution < 1.29 is 19.4 Å². The number of aromatic nitrogens is 1. The van der Waals surface area contributed by atoms with Gasteiger partial charge in [-0.1, -0.05) is 6.07 Å². The largest absolute Gasteiger partial charge is 0.480 e. The number of carbonyl (C=O) groups excluding carboxylic acids is 1. The van der Waals surface area contributed by atoms with Crippen LogP contribution in [0.5, 0.6) is 0 Å². The van der Waals surface area contributed by atoms with E-state index in [9.17, 15) is 14.7 Å². The molecule has 0 radical (unpaired) electrons. The summed E-state index contributed by atoms with van der Waals surface area (Å²) in [6.45, 7) is 11.1. The number of rotatable bonds is 5. The zero-order valence-corrected chi connectivity index (χ0v) is 15.1. The third-order valence-corrected chi connectivity index (χ3v) is 2.80. The Morgan fingerprint density at radius 3 is 2.25 bits per heavy atom. The highest BCUT2D eigenvalue weighted by molar-refractivity contribution is 5.83. The van der Waals surface area contributed by atoms with Crippen LogP contribution in [-0.4, -0.2) is 39.3 Å². The van der Waals surface area contributed by atoms with Gasteiger partial charge >= 0.3 is 12.1 Å². The summed E-state index contributed by atoms with van der Waals surface area (Å²) in [4.78, 5) is 27.2. The number of nitrogens with zero attached hydrogens (tertiary/aromatic N) is 1. The Bertz CT molecular complexity index is 571. The van der Waals surface area contributed by atoms with Gasteiger partial charge in [-0.15, -0.1) is 0 Å². The number of carboxylic acids is 1. The molecule has 0 spiro atoms. The van der Waals surface area contributed by atoms with Crippen molar-refractivity contribution >= 4 is 17.9 Å². The Hall–Kier alpha value is -2.15. The van der Waals surface area contributed by atoms with Gasteiger partial charge in [0.1, 0.15) is 17.5 Å². The smallest absolute Gasteiger partial charge is 0.413 e. The first-order chi connectivity index (χ1) is 10.9. The van der Waals surface area contributed by atoms with Crippen molar-refractivity contribution in [3.63, 3.8) is 0 Å². The van der Waals surface area contributed by atoms with E-state index in [4.69, 9.17) is 4.74 Å². The average molecular weight is 337 g/mol. The van der Waals surface area contributed by atoms with E-state index < -0.39 is 23.7 Å². The number of ether oxygens (including phenoxy) is 1. The Labute approximate surface area is 142 Å². The van der Waals surface area contributed by atoms with Crippen LogP contribution in [0, 0.1) is 0 Å². The molecular weight excluding hydrogens is 310 g/mol. The predicted octanol–water partition coefficient (Wildman–Crippen LogP) is 2.81. The van der Waals surface area contributed by atoms with E-state index in [2.05, 4.69) is 15.6 Å². The fourth-order valence-electron chi connectivity index (χ4n) is 1.99. The number of amides is 1. The maximum absolute atomic E-state index is 11.7. The Balaban J connectivity index is 2.69. The van der Waals surface area contributed by atoms with Gasteiger partial charge in [0.2, 0.25) is 0 Å². The highest BCUT2D eigenvalue weighted by Crippen LogP contribution is 2.12. The first-order valence-corrected chi connectivity index (χ1v) is 7.81. The maximum atomic E-state index is 11.7. The molecule has 0 aliphatic carbocycles. The second kappa shape index (κ2) is 7.61. The molecule has 0 fully saturated rings. The highest BCUT2D eigenvalue weighted by atomic mass is 16.6. The van der Waals surface area contributed by atoms with Crippen molar-refractivity contribution in [2.24, 2.45) is 0 Å². The van der Waals surface area contributed by atoms with E-state index in [1.807, 2.05) is 20.8 Å². The summed E-state index contributed by atoms with van der Waals surface area (Å²) in [7, 11) is 0. The number of hydrogen-bond donors (Lipinski definition) is 3. The van der Waals surface area contributed by atoms with Crippen LogP contribution in [0.4, 0.5) is 10.6 Å². The first kappa shape index (κ1) is 19.9. The zero-order chi connectivity index (χ0) is 18.5. The van der Waals surface area contributed by atoms with Crippen LogP contribution in [0.25, 0.3) is 0 Å². The molecule has 0 aliphatic rings. The van der Waals surface area contributed by atoms with Gasteiger partial charge in [0.25, 0.3) is 0 Å². The summed E-state index contributed by atoms with van der Waals surface area (Å²) in [6, 6.07) is 2.64. The molecule has 1 amide bonds. The van der Waals surface area contributed by atoms with Gasteiger partial charge in [-0.3, -0.25) is 15.4 Å². The number of nitrogens with one attached hydrogen (secondary N) is 2. The minimum Gasteiger partial charge on any atom is -0.480 e. The van der Waals surface area contributed by atoms with Crippen LogP contribution in [0.1, 0.15) is 47.1 Å². The lowest BCUT2D eigenvalue weighted by Gasteiger charge is -2.26. The molecule has 1 aromatic rings. The lowest BCUT2D eigenvalue weighted by molar-refractivity contribution is -0.140. The number of aliphatic carboxylic acids is 1. The Morgan fingerprint density at radius 2 is 1.83 bits per heavy atom. The van der Waals surface area contributed by atoms with Crippen LogP contribution >= 0.6 is 0 Å². The minimum absolute atomic E-state index is 0.298. The fraction of sp³-hybridized carbons (Fsp3) is 0.588. The SMILES string of the molecule is CC(C)(C)NC(Cc1ccc(NC(=O)OC(C)(C)C)nc1)C(=O)O. The molecule has 24 heavy (non-hydrogen) atoms. The quantitative estimate of drug-likeness (QED) is 0.764. The van der Waals surface area contributed by atoms with E-state index >= 15 is 0 Å². The van der Waals surface area contributed by atoms with E-state index in [1.165, 1.54) is 0 Å². The second-order valence-electron chi connectivity index (χ2n) is 7.67. The molecule has 1 aromatic heterocycles. The van der Waals surface area contributed by atoms with Crippen molar-refractivity contribution in [2.45, 2.75) is 65.1 Å². The number of carbonyl (C=O) groups is 2. The van der Waals surface area contributed by atoms with Gasteiger partial charge in [0.15, 0.2) is 0 Å². The summed E-state index contributed by atoms with van der Waals surface area (Å²) in [5.74, 6) is -0.565. The van der Waals surface area contributed by atoms with Crippen molar-refractivity contribution in [2.75, 3.05) is 5.32 Å². The minimum atomic E-state index is -0.916. The molecule has 3 N–H and O–H groups in total. The van der Waals surface area contributed by atoms with Crippen molar-refractivity contribution in [3.8, 4) is 0 Å². The summed E-state index contributed by atoms with van der Waals surface area (Å²) < 4.78 is 5.14. The third kappa shape index (κ3) is 7.92. The van der Waals surface area contributed by atoms with Gasteiger partial charge in [-0.05, 0) is 59.6 Å². The van der Waals surface area contributed by atoms with Crippen molar-refractivity contribution in [3.05, 3.63) is 23.9 Å². The second-order valence-corrected chi connectivity index (χ2v) is 7.67. The van der Waals surface area contributed by atoms with Crippen LogP contribution in [0.3, 0.4) is 0 Å². The van der Waals surface area contributed by atoms with E-state index in [0.717, 1.165) is 5.56 Å². The number of carboxylic acid groups (broad SMARTS) is 1. The molecule has 1 atom stereocenters. The van der Waals surface area contributed by atoms with Crippen molar-refractivity contribution in [1.29, 1.82) is 0 Å². The standard InChI is InChI=1S/C17H27N3O4/c1-16(2,3)20-12(14(21)22)9-11-7-8-13(18-10-11)19-15(23)24-17(4,5)6/h7-8,10,12,20H,9H2,1-6H3,(H,21,22)(H,18,19,23). The maximum Gasteiger partial charge on any atom is 0.413 e. The molecule has 0 aliphatic heterocycles. The molecule has 7 nitrogen and oxygen atoms in total. The molecule has 0 saturated heterocycles. The topological polar surface area (TPSA) is 101 Å². The summed E-state index contributed by atoms with van der Waals surface area (Å²) in [5, 5.41) is 14.9. The molecule has 1 rings (SSSR count). The molecule has 0 bridgehead atoms. The Morgan fingerprint density at radius 1 is 1.21 bits per heavy atom. The molecule has 0 saturated carbocycles. The molecular formula is C17H27N3O4. The normalized spacial score (nSPS) is 13.2. The molecule has 134 valence electrons. The van der Waals surface area contributed by atoms with Crippen LogP contribution in [-0.2, 0) is 16.0 Å². The van der Waals surface area contributed by atoms with E-state index in [1.54, 1.807) is 39.1 Å². The molecule has 7 heteroatoms. The van der Waals surface area contributed by atoms with Gasteiger partial charge in [-0.25, -0.2) is 9.78 Å². The third-order valence-electron chi connectivity index (χ3n) is 2.80. The predicted molar refractivity (Wildman–Crippen MR) is 92.1 cm³/mol. The number of hydrogen-bond acceptors (Lipinski definition) is 5. The van der Waals surface area contributed by atoms with E-state index in [-0.39, 0.29) is 5.54 Å². The van der Waals surface area contributed by atoms with Gasteiger partial charge in [0.05, 0.1) is 0 Å². The number of pyridine rings is 1. The Kier molecular flexibility index (Phi) is 6.31.